The van der Waals surface area contributed by atoms with E-state index in [2.05, 4.69) is 9.97 Å². The van der Waals surface area contributed by atoms with E-state index in [4.69, 9.17) is 5.73 Å². The Hall–Kier alpha value is -2.30. The van der Waals surface area contributed by atoms with E-state index in [1.807, 2.05) is 6.92 Å². The lowest BCUT2D eigenvalue weighted by Gasteiger charge is -2.06. The highest BCUT2D eigenvalue weighted by atomic mass is 16.3. The van der Waals surface area contributed by atoms with Crippen molar-refractivity contribution in [3.63, 3.8) is 0 Å². The van der Waals surface area contributed by atoms with Gasteiger partial charge >= 0.3 is 0 Å². The third kappa shape index (κ3) is 2.34. The molecule has 0 bridgehead atoms. The van der Waals surface area contributed by atoms with Gasteiger partial charge in [0.1, 0.15) is 17.4 Å². The number of benzene rings is 1. The summed E-state index contributed by atoms with van der Waals surface area (Å²) in [5, 5.41) is 9.40. The first-order valence-electron chi connectivity index (χ1n) is 5.80. The van der Waals surface area contributed by atoms with E-state index < -0.39 is 0 Å². The Labute approximate surface area is 104 Å². The van der Waals surface area contributed by atoms with E-state index in [9.17, 15) is 9.90 Å². The molecule has 94 valence electrons. The van der Waals surface area contributed by atoms with Gasteiger partial charge in [0, 0.05) is 5.56 Å². The Bertz CT molecular complexity index is 620. The molecule has 0 aliphatic heterocycles. The number of nitrogens with one attached hydrogen (secondary N) is 1. The molecule has 0 amide bonds. The average Bonchev–Trinajstić information content (AvgIpc) is 2.33. The topological polar surface area (TPSA) is 92.0 Å². The van der Waals surface area contributed by atoms with Crippen LogP contribution in [0.2, 0.25) is 0 Å². The van der Waals surface area contributed by atoms with Gasteiger partial charge in [0.05, 0.1) is 5.56 Å². The Morgan fingerprint density at radius 2 is 2.22 bits per heavy atom. The van der Waals surface area contributed by atoms with Gasteiger partial charge in [-0.2, -0.15) is 0 Å². The van der Waals surface area contributed by atoms with Crippen LogP contribution >= 0.6 is 0 Å². The highest BCUT2D eigenvalue weighted by molar-refractivity contribution is 5.59. The molecule has 0 saturated carbocycles. The summed E-state index contributed by atoms with van der Waals surface area (Å²) in [5.41, 5.74) is 6.71. The number of nitrogens with zero attached hydrogens (tertiary/aromatic N) is 1. The number of nitrogens with two attached hydrogens (primary N) is 1. The fourth-order valence-corrected chi connectivity index (χ4v) is 1.80. The number of phenols is 1. The second-order valence-corrected chi connectivity index (χ2v) is 4.08. The fourth-order valence-electron chi connectivity index (χ4n) is 1.80. The molecule has 1 aromatic heterocycles. The van der Waals surface area contributed by atoms with Crippen molar-refractivity contribution in [1.29, 1.82) is 0 Å². The third-order valence-corrected chi connectivity index (χ3v) is 2.67. The summed E-state index contributed by atoms with van der Waals surface area (Å²) < 4.78 is 0. The number of phenolic OH excluding ortho intramolecular Hbond substituents is 1. The highest BCUT2D eigenvalue weighted by Gasteiger charge is 2.09. The number of anilines is 1. The molecule has 0 unspecified atom stereocenters. The second-order valence-electron chi connectivity index (χ2n) is 4.08. The molecule has 0 atom stereocenters. The molecule has 0 aliphatic carbocycles. The lowest BCUT2D eigenvalue weighted by Crippen LogP contribution is -2.18. The molecule has 2 rings (SSSR count). The van der Waals surface area contributed by atoms with Gasteiger partial charge in [-0.3, -0.25) is 4.79 Å². The normalized spacial score (nSPS) is 10.5. The Balaban J connectivity index is 2.51. The minimum Gasteiger partial charge on any atom is -0.508 e. The summed E-state index contributed by atoms with van der Waals surface area (Å²) in [6.45, 7) is 1.97. The van der Waals surface area contributed by atoms with Crippen molar-refractivity contribution >= 4 is 5.82 Å². The van der Waals surface area contributed by atoms with E-state index in [0.717, 1.165) is 6.42 Å². The van der Waals surface area contributed by atoms with Gasteiger partial charge in [-0.05, 0) is 18.6 Å². The maximum absolute atomic E-state index is 11.9. The molecule has 2 aromatic rings. The molecule has 0 saturated heterocycles. The zero-order valence-corrected chi connectivity index (χ0v) is 10.1. The van der Waals surface area contributed by atoms with Crippen molar-refractivity contribution in [3.8, 4) is 17.1 Å². The van der Waals surface area contributed by atoms with Crippen LogP contribution in [0.25, 0.3) is 11.4 Å². The summed E-state index contributed by atoms with van der Waals surface area (Å²) in [6, 6.07) is 6.51. The molecule has 0 radical (unpaired) electrons. The van der Waals surface area contributed by atoms with Gasteiger partial charge in [0.25, 0.3) is 5.56 Å². The molecule has 4 N–H and O–H groups in total. The van der Waals surface area contributed by atoms with Crippen LogP contribution in [0.5, 0.6) is 5.75 Å². The maximum Gasteiger partial charge on any atom is 0.256 e. The van der Waals surface area contributed by atoms with E-state index in [1.54, 1.807) is 18.2 Å². The van der Waals surface area contributed by atoms with E-state index in [1.165, 1.54) is 6.07 Å². The molecule has 0 fully saturated rings. The number of aromatic nitrogens is 2. The monoisotopic (exact) mass is 245 g/mol. The zero-order valence-electron chi connectivity index (χ0n) is 10.1. The van der Waals surface area contributed by atoms with Crippen LogP contribution < -0.4 is 11.3 Å². The molecule has 5 nitrogen and oxygen atoms in total. The number of H-pyrrole nitrogens is 1. The van der Waals surface area contributed by atoms with Crippen LogP contribution in [0, 0.1) is 0 Å². The second kappa shape index (κ2) is 4.91. The van der Waals surface area contributed by atoms with Gasteiger partial charge in [-0.15, -0.1) is 0 Å². The van der Waals surface area contributed by atoms with Crippen LogP contribution in [-0.2, 0) is 6.42 Å². The molecular formula is C13H15N3O2. The third-order valence-electron chi connectivity index (χ3n) is 2.67. The molecular weight excluding hydrogens is 230 g/mol. The number of nitrogen functional groups attached to an aromatic ring is 1. The van der Waals surface area contributed by atoms with Gasteiger partial charge in [0.2, 0.25) is 0 Å². The van der Waals surface area contributed by atoms with E-state index >= 15 is 0 Å². The summed E-state index contributed by atoms with van der Waals surface area (Å²) in [5.74, 6) is 0.735. The van der Waals surface area contributed by atoms with Crippen molar-refractivity contribution in [2.75, 3.05) is 5.73 Å². The largest absolute Gasteiger partial charge is 0.508 e. The van der Waals surface area contributed by atoms with Crippen molar-refractivity contribution < 1.29 is 5.11 Å². The van der Waals surface area contributed by atoms with Crippen LogP contribution in [0.1, 0.15) is 18.9 Å². The fraction of sp³-hybridized carbons (Fsp3) is 0.231. The van der Waals surface area contributed by atoms with Crippen molar-refractivity contribution in [2.24, 2.45) is 0 Å². The summed E-state index contributed by atoms with van der Waals surface area (Å²) >= 11 is 0. The van der Waals surface area contributed by atoms with Gasteiger partial charge in [-0.1, -0.05) is 25.5 Å². The Kier molecular flexibility index (Phi) is 3.32. The SMILES string of the molecule is CCCc1c(N)nc(-c2cccc(O)c2)[nH]c1=O. The average molecular weight is 245 g/mol. The number of aromatic hydroxyl groups is 1. The highest BCUT2D eigenvalue weighted by Crippen LogP contribution is 2.20. The summed E-state index contributed by atoms with van der Waals surface area (Å²) in [6.07, 6.45) is 1.44. The Morgan fingerprint density at radius 1 is 1.44 bits per heavy atom. The smallest absolute Gasteiger partial charge is 0.256 e. The lowest BCUT2D eigenvalue weighted by atomic mass is 10.1. The minimum atomic E-state index is -0.220. The molecule has 18 heavy (non-hydrogen) atoms. The van der Waals surface area contributed by atoms with E-state index in [0.29, 0.717) is 23.4 Å². The van der Waals surface area contributed by atoms with Gasteiger partial charge in [0.15, 0.2) is 0 Å². The van der Waals surface area contributed by atoms with Crippen LogP contribution in [0.15, 0.2) is 29.1 Å². The lowest BCUT2D eigenvalue weighted by molar-refractivity contribution is 0.475. The van der Waals surface area contributed by atoms with Crippen molar-refractivity contribution in [2.45, 2.75) is 19.8 Å². The number of rotatable bonds is 3. The maximum atomic E-state index is 11.9. The van der Waals surface area contributed by atoms with Crippen molar-refractivity contribution in [3.05, 3.63) is 40.2 Å². The predicted octanol–water partition coefficient (Wildman–Crippen LogP) is 1.68. The van der Waals surface area contributed by atoms with Gasteiger partial charge < -0.3 is 15.8 Å². The molecule has 1 heterocycles. The molecule has 5 heteroatoms. The summed E-state index contributed by atoms with van der Waals surface area (Å²) in [4.78, 5) is 18.7. The zero-order chi connectivity index (χ0) is 13.1. The summed E-state index contributed by atoms with van der Waals surface area (Å²) in [7, 11) is 0. The molecule has 0 spiro atoms. The number of hydrogen-bond donors (Lipinski definition) is 3. The molecule has 0 aliphatic rings. The minimum absolute atomic E-state index is 0.117. The van der Waals surface area contributed by atoms with Crippen LogP contribution in [0.4, 0.5) is 5.82 Å². The molecule has 1 aromatic carbocycles. The van der Waals surface area contributed by atoms with Crippen LogP contribution in [0.3, 0.4) is 0 Å². The standard InChI is InChI=1S/C13H15N3O2/c1-2-4-10-11(14)15-12(16-13(10)18)8-5-3-6-9(17)7-8/h3,5-7,17H,2,4H2,1H3,(H3,14,15,16,18). The number of hydrogen-bond acceptors (Lipinski definition) is 4. The van der Waals surface area contributed by atoms with Crippen molar-refractivity contribution in [1.82, 2.24) is 9.97 Å². The van der Waals surface area contributed by atoms with Gasteiger partial charge in [-0.25, -0.2) is 4.98 Å². The predicted molar refractivity (Wildman–Crippen MR) is 70.4 cm³/mol. The van der Waals surface area contributed by atoms with Crippen LogP contribution in [-0.4, -0.2) is 15.1 Å². The first kappa shape index (κ1) is 12.2. The Morgan fingerprint density at radius 3 is 2.83 bits per heavy atom. The van der Waals surface area contributed by atoms with E-state index in [-0.39, 0.29) is 17.1 Å². The first-order chi connectivity index (χ1) is 8.61. The number of aromatic amines is 1. The first-order valence-corrected chi connectivity index (χ1v) is 5.80. The quantitative estimate of drug-likeness (QED) is 0.767.